The summed E-state index contributed by atoms with van der Waals surface area (Å²) in [4.78, 5) is 27.4. The lowest BCUT2D eigenvalue weighted by Gasteiger charge is -2.24. The van der Waals surface area contributed by atoms with Crippen LogP contribution in [0.15, 0.2) is 51.0 Å². The molecule has 1 saturated heterocycles. The third-order valence-corrected chi connectivity index (χ3v) is 5.19. The third-order valence-electron chi connectivity index (χ3n) is 4.34. The van der Waals surface area contributed by atoms with Gasteiger partial charge in [0.1, 0.15) is 0 Å². The number of thiophene rings is 1. The van der Waals surface area contributed by atoms with Gasteiger partial charge in [0.15, 0.2) is 5.58 Å². The second-order valence-electron chi connectivity index (χ2n) is 5.72. The van der Waals surface area contributed by atoms with E-state index in [-0.39, 0.29) is 17.7 Å². The summed E-state index contributed by atoms with van der Waals surface area (Å²) in [6, 6.07) is 11.2. The number of carbonyl (C=O) groups excluding carboxylic acids is 1. The summed E-state index contributed by atoms with van der Waals surface area (Å²) in [5.74, 6) is -0.301. The molecule has 1 amide bonds. The minimum Gasteiger partial charge on any atom is -0.408 e. The van der Waals surface area contributed by atoms with Crippen molar-refractivity contribution < 1.29 is 9.21 Å². The van der Waals surface area contributed by atoms with E-state index in [0.29, 0.717) is 12.1 Å². The molecule has 0 saturated carbocycles. The van der Waals surface area contributed by atoms with Crippen LogP contribution in [0.2, 0.25) is 0 Å². The zero-order valence-electron chi connectivity index (χ0n) is 12.5. The number of para-hydroxylation sites is 2. The standard InChI is InChI=1S/C17H16N2O3S/c20-16(15-8-4-10-23-15)18-9-3-5-12(18)11-19-13-6-1-2-7-14(13)22-17(19)21/h1-2,4,6-8,10,12H,3,5,9,11H2/t12-/m1/s1. The number of fused-ring (bicyclic) bond motifs is 1. The number of hydrogen-bond acceptors (Lipinski definition) is 4. The first kappa shape index (κ1) is 14.3. The lowest BCUT2D eigenvalue weighted by Crippen LogP contribution is -2.39. The van der Waals surface area contributed by atoms with E-state index in [0.717, 1.165) is 29.8 Å². The average Bonchev–Trinajstić information content (AvgIpc) is 3.28. The van der Waals surface area contributed by atoms with Crippen LogP contribution >= 0.6 is 11.3 Å². The molecule has 6 heteroatoms. The Hall–Kier alpha value is -2.34. The van der Waals surface area contributed by atoms with Crippen LogP contribution in [-0.4, -0.2) is 28.0 Å². The van der Waals surface area contributed by atoms with E-state index in [9.17, 15) is 9.59 Å². The zero-order valence-corrected chi connectivity index (χ0v) is 13.3. The second-order valence-corrected chi connectivity index (χ2v) is 6.67. The summed E-state index contributed by atoms with van der Waals surface area (Å²) in [6.07, 6.45) is 1.87. The van der Waals surface area contributed by atoms with Crippen molar-refractivity contribution >= 4 is 28.3 Å². The molecular weight excluding hydrogens is 312 g/mol. The van der Waals surface area contributed by atoms with Gasteiger partial charge in [-0.2, -0.15) is 0 Å². The number of amides is 1. The van der Waals surface area contributed by atoms with Crippen molar-refractivity contribution in [3.63, 3.8) is 0 Å². The summed E-state index contributed by atoms with van der Waals surface area (Å²) in [6.45, 7) is 1.22. The van der Waals surface area contributed by atoms with Gasteiger partial charge in [0.05, 0.1) is 16.4 Å². The quantitative estimate of drug-likeness (QED) is 0.743. The third kappa shape index (κ3) is 2.49. The van der Waals surface area contributed by atoms with Gasteiger partial charge in [0.25, 0.3) is 5.91 Å². The van der Waals surface area contributed by atoms with E-state index >= 15 is 0 Å². The summed E-state index contributed by atoms with van der Waals surface area (Å²) in [7, 11) is 0. The molecule has 0 radical (unpaired) electrons. The van der Waals surface area contributed by atoms with Gasteiger partial charge in [-0.15, -0.1) is 11.3 Å². The molecule has 5 nitrogen and oxygen atoms in total. The highest BCUT2D eigenvalue weighted by molar-refractivity contribution is 7.12. The molecule has 4 rings (SSSR count). The van der Waals surface area contributed by atoms with Gasteiger partial charge in [-0.25, -0.2) is 4.79 Å². The van der Waals surface area contributed by atoms with Crippen molar-refractivity contribution in [1.29, 1.82) is 0 Å². The summed E-state index contributed by atoms with van der Waals surface area (Å²) < 4.78 is 6.92. The van der Waals surface area contributed by atoms with Gasteiger partial charge in [0.2, 0.25) is 0 Å². The molecule has 1 fully saturated rings. The van der Waals surface area contributed by atoms with Gasteiger partial charge in [-0.3, -0.25) is 9.36 Å². The second kappa shape index (κ2) is 5.70. The Labute approximate surface area is 136 Å². The van der Waals surface area contributed by atoms with Crippen LogP contribution in [-0.2, 0) is 6.54 Å². The number of benzene rings is 1. The minimum absolute atomic E-state index is 0.0308. The topological polar surface area (TPSA) is 55.5 Å². The van der Waals surface area contributed by atoms with E-state index in [1.807, 2.05) is 40.6 Å². The number of oxazole rings is 1. The van der Waals surface area contributed by atoms with Crippen molar-refractivity contribution in [2.75, 3.05) is 6.54 Å². The predicted octanol–water partition coefficient (Wildman–Crippen LogP) is 2.96. The fourth-order valence-electron chi connectivity index (χ4n) is 3.23. The monoisotopic (exact) mass is 328 g/mol. The SMILES string of the molecule is O=C(c1cccs1)N1CCC[C@@H]1Cn1c(=O)oc2ccccc21. The molecule has 0 bridgehead atoms. The molecule has 118 valence electrons. The van der Waals surface area contributed by atoms with Gasteiger partial charge < -0.3 is 9.32 Å². The zero-order chi connectivity index (χ0) is 15.8. The average molecular weight is 328 g/mol. The van der Waals surface area contributed by atoms with Gasteiger partial charge >= 0.3 is 5.76 Å². The van der Waals surface area contributed by atoms with Crippen molar-refractivity contribution in [3.8, 4) is 0 Å². The van der Waals surface area contributed by atoms with Crippen molar-refractivity contribution in [1.82, 2.24) is 9.47 Å². The first-order valence-electron chi connectivity index (χ1n) is 7.67. The first-order chi connectivity index (χ1) is 11.2. The van der Waals surface area contributed by atoms with Crippen molar-refractivity contribution in [2.24, 2.45) is 0 Å². The van der Waals surface area contributed by atoms with Crippen LogP contribution < -0.4 is 5.76 Å². The van der Waals surface area contributed by atoms with Gasteiger partial charge in [-0.1, -0.05) is 18.2 Å². The van der Waals surface area contributed by atoms with Crippen LogP contribution in [0.4, 0.5) is 0 Å². The fourth-order valence-corrected chi connectivity index (χ4v) is 3.91. The Morgan fingerprint density at radius 1 is 1.26 bits per heavy atom. The molecule has 3 heterocycles. The van der Waals surface area contributed by atoms with Crippen LogP contribution in [0, 0.1) is 0 Å². The highest BCUT2D eigenvalue weighted by Crippen LogP contribution is 2.24. The Bertz CT molecular complexity index is 894. The molecule has 0 N–H and O–H groups in total. The molecule has 23 heavy (non-hydrogen) atoms. The van der Waals surface area contributed by atoms with E-state index in [1.165, 1.54) is 11.3 Å². The lowest BCUT2D eigenvalue weighted by molar-refractivity contribution is 0.0728. The molecular formula is C17H16N2O3S. The van der Waals surface area contributed by atoms with Crippen LogP contribution in [0.3, 0.4) is 0 Å². The number of carbonyl (C=O) groups is 1. The maximum atomic E-state index is 12.6. The van der Waals surface area contributed by atoms with Crippen LogP contribution in [0.5, 0.6) is 0 Å². The summed E-state index contributed by atoms with van der Waals surface area (Å²) in [5, 5.41) is 1.91. The maximum absolute atomic E-state index is 12.6. The highest BCUT2D eigenvalue weighted by atomic mass is 32.1. The van der Waals surface area contributed by atoms with E-state index in [4.69, 9.17) is 4.42 Å². The molecule has 1 aromatic carbocycles. The number of likely N-dealkylation sites (tertiary alicyclic amines) is 1. The number of nitrogens with zero attached hydrogens (tertiary/aromatic N) is 2. The molecule has 1 atom stereocenters. The van der Waals surface area contributed by atoms with Gasteiger partial charge in [0, 0.05) is 13.1 Å². The number of rotatable bonds is 3. The Morgan fingerprint density at radius 3 is 2.96 bits per heavy atom. The van der Waals surface area contributed by atoms with Crippen LogP contribution in [0.25, 0.3) is 11.1 Å². The molecule has 2 aromatic heterocycles. The summed E-state index contributed by atoms with van der Waals surface area (Å²) in [5.41, 5.74) is 1.37. The Kier molecular flexibility index (Phi) is 3.53. The van der Waals surface area contributed by atoms with Crippen molar-refractivity contribution in [2.45, 2.75) is 25.4 Å². The van der Waals surface area contributed by atoms with E-state index in [2.05, 4.69) is 0 Å². The van der Waals surface area contributed by atoms with Crippen LogP contribution in [0.1, 0.15) is 22.5 Å². The van der Waals surface area contributed by atoms with E-state index in [1.54, 1.807) is 10.6 Å². The minimum atomic E-state index is -0.360. The normalized spacial score (nSPS) is 17.9. The molecule has 0 aliphatic carbocycles. The molecule has 1 aliphatic heterocycles. The molecule has 3 aromatic rings. The molecule has 1 aliphatic rings. The fraction of sp³-hybridized carbons (Fsp3) is 0.294. The first-order valence-corrected chi connectivity index (χ1v) is 8.55. The number of hydrogen-bond donors (Lipinski definition) is 0. The predicted molar refractivity (Wildman–Crippen MR) is 88.9 cm³/mol. The summed E-state index contributed by atoms with van der Waals surface area (Å²) >= 11 is 1.46. The number of aromatic nitrogens is 1. The Morgan fingerprint density at radius 2 is 2.13 bits per heavy atom. The smallest absolute Gasteiger partial charge is 0.408 e. The Balaban J connectivity index is 1.63. The largest absolute Gasteiger partial charge is 0.420 e. The molecule has 0 unspecified atom stereocenters. The van der Waals surface area contributed by atoms with Gasteiger partial charge in [-0.05, 0) is 36.4 Å². The van der Waals surface area contributed by atoms with Crippen molar-refractivity contribution in [3.05, 3.63) is 57.2 Å². The lowest BCUT2D eigenvalue weighted by atomic mass is 10.2. The highest BCUT2D eigenvalue weighted by Gasteiger charge is 2.31. The maximum Gasteiger partial charge on any atom is 0.420 e. The molecule has 0 spiro atoms. The van der Waals surface area contributed by atoms with E-state index < -0.39 is 0 Å².